The first-order valence-electron chi connectivity index (χ1n) is 12.7. The number of amides is 2. The van der Waals surface area contributed by atoms with Gasteiger partial charge in [0.2, 0.25) is 0 Å². The van der Waals surface area contributed by atoms with Gasteiger partial charge in [-0.3, -0.25) is 19.2 Å². The molecule has 2 aliphatic rings. The Morgan fingerprint density at radius 3 is 2.62 bits per heavy atom. The van der Waals surface area contributed by atoms with Gasteiger partial charge in [0.25, 0.3) is 5.91 Å². The summed E-state index contributed by atoms with van der Waals surface area (Å²) in [6.45, 7) is 3.49. The van der Waals surface area contributed by atoms with E-state index in [1.165, 1.54) is 23.6 Å². The van der Waals surface area contributed by atoms with Gasteiger partial charge in [-0.2, -0.15) is 0 Å². The number of fused-ring (bicyclic) bond motifs is 1. The molecular formula is C28H32N4O7S. The number of aliphatic hydroxyl groups is 2. The molecule has 1 aromatic carbocycles. The van der Waals surface area contributed by atoms with E-state index in [0.717, 1.165) is 24.2 Å². The van der Waals surface area contributed by atoms with Gasteiger partial charge in [0.15, 0.2) is 9.84 Å². The Bertz CT molecular complexity index is 1520. The van der Waals surface area contributed by atoms with E-state index in [1.807, 2.05) is 0 Å². The predicted molar refractivity (Wildman–Crippen MR) is 147 cm³/mol. The number of likely N-dealkylation sites (tertiary alicyclic amines) is 1. The maximum absolute atomic E-state index is 13.0. The molecule has 11 nitrogen and oxygen atoms in total. The largest absolute Gasteiger partial charge is 0.507 e. The molecule has 212 valence electrons. The van der Waals surface area contributed by atoms with Crippen molar-refractivity contribution in [3.63, 3.8) is 0 Å². The zero-order valence-corrected chi connectivity index (χ0v) is 23.1. The number of aliphatic hydroxyl groups excluding tert-OH is 2. The van der Waals surface area contributed by atoms with Crippen LogP contribution in [0.25, 0.3) is 0 Å². The topological polar surface area (TPSA) is 152 Å². The molecule has 12 heteroatoms. The number of aromatic nitrogens is 1. The number of aromatic hydroxyl groups is 1. The van der Waals surface area contributed by atoms with Crippen molar-refractivity contribution in [3.05, 3.63) is 53.3 Å². The van der Waals surface area contributed by atoms with E-state index in [2.05, 4.69) is 33.9 Å². The molecular weight excluding hydrogens is 536 g/mol. The monoisotopic (exact) mass is 568 g/mol. The van der Waals surface area contributed by atoms with Gasteiger partial charge >= 0.3 is 6.03 Å². The van der Waals surface area contributed by atoms with Crippen LogP contribution in [0.4, 0.5) is 4.79 Å². The summed E-state index contributed by atoms with van der Waals surface area (Å²) >= 11 is 0. The molecule has 0 spiro atoms. The summed E-state index contributed by atoms with van der Waals surface area (Å²) < 4.78 is 25.1. The molecule has 0 saturated carbocycles. The molecule has 0 unspecified atom stereocenters. The van der Waals surface area contributed by atoms with Gasteiger partial charge < -0.3 is 20.6 Å². The van der Waals surface area contributed by atoms with E-state index in [9.17, 15) is 28.2 Å². The lowest BCUT2D eigenvalue weighted by molar-refractivity contribution is 0.0201. The third-order valence-corrected chi connectivity index (χ3v) is 9.35. The number of nitrogens with one attached hydrogen (secondary N) is 1. The highest BCUT2D eigenvalue weighted by Crippen LogP contribution is 2.28. The van der Waals surface area contributed by atoms with Crippen molar-refractivity contribution in [2.24, 2.45) is 5.92 Å². The van der Waals surface area contributed by atoms with E-state index in [1.54, 1.807) is 24.4 Å². The average molecular weight is 569 g/mol. The summed E-state index contributed by atoms with van der Waals surface area (Å²) in [5, 5.41) is 32.3. The number of phenolic OH excluding ortho intramolecular Hbond substituents is 1. The van der Waals surface area contributed by atoms with Crippen LogP contribution >= 0.6 is 0 Å². The van der Waals surface area contributed by atoms with Crippen LogP contribution in [0.5, 0.6) is 5.75 Å². The van der Waals surface area contributed by atoms with Crippen LogP contribution in [0.1, 0.15) is 35.0 Å². The summed E-state index contributed by atoms with van der Waals surface area (Å²) in [7, 11) is -3.81. The van der Waals surface area contributed by atoms with Crippen LogP contribution in [0.15, 0.2) is 36.5 Å². The fraction of sp³-hybridized carbons (Fsp3) is 0.429. The van der Waals surface area contributed by atoms with Gasteiger partial charge in [-0.1, -0.05) is 24.0 Å². The number of sulfone groups is 1. The molecule has 0 radical (unpaired) electrons. The Morgan fingerprint density at radius 1 is 1.25 bits per heavy atom. The van der Waals surface area contributed by atoms with E-state index < -0.39 is 32.8 Å². The van der Waals surface area contributed by atoms with Crippen LogP contribution in [0, 0.1) is 29.6 Å². The first-order chi connectivity index (χ1) is 18.9. The van der Waals surface area contributed by atoms with Crippen molar-refractivity contribution in [3.8, 4) is 29.4 Å². The first kappa shape index (κ1) is 29.2. The van der Waals surface area contributed by atoms with E-state index >= 15 is 0 Å². The fourth-order valence-corrected chi connectivity index (χ4v) is 5.38. The number of para-hydroxylation sites is 1. The Balaban J connectivity index is 1.37. The van der Waals surface area contributed by atoms with Gasteiger partial charge in [-0.05, 0) is 37.0 Å². The Kier molecular flexibility index (Phi) is 8.57. The SMILES string of the molecule is C[C@](CNC(=O)c1ccccc1O)(C[C@@H](O)N1Cc2cc(C#CC#CC3CN(CCO)C3)cn2C1=O)S(C)(=O)=O. The van der Waals surface area contributed by atoms with Crippen molar-refractivity contribution < 1.29 is 33.3 Å². The van der Waals surface area contributed by atoms with E-state index in [-0.39, 0.29) is 43.3 Å². The highest BCUT2D eigenvalue weighted by molar-refractivity contribution is 7.92. The quantitative estimate of drug-likeness (QED) is 0.313. The third-order valence-electron chi connectivity index (χ3n) is 7.24. The number of benzene rings is 1. The van der Waals surface area contributed by atoms with Crippen LogP contribution < -0.4 is 5.32 Å². The minimum absolute atomic E-state index is 0.00872. The molecule has 2 aromatic rings. The van der Waals surface area contributed by atoms with Crippen LogP contribution in [0.3, 0.4) is 0 Å². The van der Waals surface area contributed by atoms with Gasteiger partial charge in [0, 0.05) is 62.2 Å². The van der Waals surface area contributed by atoms with Crippen molar-refractivity contribution in [1.82, 2.24) is 19.7 Å². The molecule has 2 amide bonds. The third kappa shape index (κ3) is 6.32. The molecule has 1 saturated heterocycles. The lowest BCUT2D eigenvalue weighted by atomic mass is 10.0. The minimum atomic E-state index is -3.81. The maximum atomic E-state index is 13.0. The highest BCUT2D eigenvalue weighted by Gasteiger charge is 2.42. The molecule has 4 rings (SSSR count). The first-order valence-corrected chi connectivity index (χ1v) is 14.6. The van der Waals surface area contributed by atoms with Crippen LogP contribution in [-0.2, 0) is 16.4 Å². The molecule has 1 aromatic heterocycles. The summed E-state index contributed by atoms with van der Waals surface area (Å²) in [5.74, 6) is 10.9. The van der Waals surface area contributed by atoms with Crippen LogP contribution in [-0.4, -0.2) is 100 Å². The molecule has 0 bridgehead atoms. The Morgan fingerprint density at radius 2 is 1.98 bits per heavy atom. The van der Waals surface area contributed by atoms with Crippen molar-refractivity contribution >= 4 is 21.8 Å². The van der Waals surface area contributed by atoms with Gasteiger partial charge in [-0.25, -0.2) is 13.2 Å². The van der Waals surface area contributed by atoms with Crippen molar-refractivity contribution in [2.45, 2.75) is 30.9 Å². The lowest BCUT2D eigenvalue weighted by Gasteiger charge is -2.35. The Hall–Kier alpha value is -3.81. The summed E-state index contributed by atoms with van der Waals surface area (Å²) in [6, 6.07) is 7.07. The molecule has 0 aliphatic carbocycles. The smallest absolute Gasteiger partial charge is 0.330 e. The molecule has 1 fully saturated rings. The van der Waals surface area contributed by atoms with Crippen molar-refractivity contribution in [1.29, 1.82) is 0 Å². The number of phenols is 1. The molecule has 2 atom stereocenters. The highest BCUT2D eigenvalue weighted by atomic mass is 32.2. The second-order valence-corrected chi connectivity index (χ2v) is 12.8. The zero-order valence-electron chi connectivity index (χ0n) is 22.3. The molecule has 2 aliphatic heterocycles. The number of β-amino-alcohol motifs (C(OH)–C–C–N with tert-alkyl or cyclic N) is 1. The second kappa shape index (κ2) is 11.7. The number of nitrogens with zero attached hydrogens (tertiary/aromatic N) is 3. The van der Waals surface area contributed by atoms with Gasteiger partial charge in [0.05, 0.1) is 23.5 Å². The number of carbonyl (C=O) groups excluding carboxylic acids is 2. The Labute approximate surface area is 233 Å². The van der Waals surface area contributed by atoms with Crippen molar-refractivity contribution in [2.75, 3.05) is 39.0 Å². The lowest BCUT2D eigenvalue weighted by Crippen LogP contribution is -2.51. The summed E-state index contributed by atoms with van der Waals surface area (Å²) in [6.07, 6.45) is 0.768. The van der Waals surface area contributed by atoms with Crippen LogP contribution in [0.2, 0.25) is 0 Å². The number of rotatable bonds is 9. The number of carbonyl (C=O) groups is 2. The predicted octanol–water partition coefficient (Wildman–Crippen LogP) is 0.198. The minimum Gasteiger partial charge on any atom is -0.507 e. The molecule has 3 heterocycles. The van der Waals surface area contributed by atoms with E-state index in [0.29, 0.717) is 17.8 Å². The molecule has 40 heavy (non-hydrogen) atoms. The second-order valence-electron chi connectivity index (χ2n) is 10.3. The van der Waals surface area contributed by atoms with E-state index in [4.69, 9.17) is 5.11 Å². The molecule has 4 N–H and O–H groups in total. The average Bonchev–Trinajstić information content (AvgIpc) is 3.41. The van der Waals surface area contributed by atoms with Gasteiger partial charge in [0.1, 0.15) is 12.0 Å². The summed E-state index contributed by atoms with van der Waals surface area (Å²) in [5.41, 5.74) is 1.18. The normalized spacial score (nSPS) is 17.5. The number of hydrogen-bond donors (Lipinski definition) is 4. The number of hydrogen-bond acceptors (Lipinski definition) is 8. The summed E-state index contributed by atoms with van der Waals surface area (Å²) in [4.78, 5) is 28.8. The zero-order chi connectivity index (χ0) is 29.1. The fourth-order valence-electron chi connectivity index (χ4n) is 4.60. The standard InChI is InChI=1S/C28H32N4O7S/c1-28(40(2,38)39,19-29-26(36)23-9-5-6-10-24(23)34)14-25(35)32-18-22-13-20(17-31(22)27(32)37)7-3-4-8-21-15-30(16-21)11-12-33/h5-6,9-10,13,17,21,25,33-35H,11-12,14-16,18-19H2,1-2H3,(H,29,36)/t25-,28-/m1/s1. The maximum Gasteiger partial charge on any atom is 0.330 e. The van der Waals surface area contributed by atoms with Gasteiger partial charge in [-0.15, -0.1) is 0 Å².